The van der Waals surface area contributed by atoms with Crippen LogP contribution >= 0.6 is 0 Å². The maximum atomic E-state index is 4.35. The van der Waals surface area contributed by atoms with Gasteiger partial charge in [-0.3, -0.25) is 0 Å². The number of hydrogen-bond acceptors (Lipinski definition) is 2. The Hall–Kier alpha value is -2.13. The molecule has 19 heavy (non-hydrogen) atoms. The van der Waals surface area contributed by atoms with E-state index in [1.807, 2.05) is 18.5 Å². The van der Waals surface area contributed by atoms with Gasteiger partial charge in [-0.15, -0.1) is 0 Å². The highest BCUT2D eigenvalue weighted by atomic mass is 15.0. The molecule has 0 amide bonds. The average molecular weight is 251 g/mol. The van der Waals surface area contributed by atoms with Crippen molar-refractivity contribution >= 4 is 11.0 Å². The number of rotatable bonds is 3. The van der Waals surface area contributed by atoms with E-state index in [9.17, 15) is 0 Å². The molecule has 2 aromatic heterocycles. The first-order chi connectivity index (χ1) is 9.25. The number of fused-ring (bicyclic) bond motifs is 1. The lowest BCUT2D eigenvalue weighted by Crippen LogP contribution is -2.11. The lowest BCUT2D eigenvalue weighted by atomic mass is 9.99. The molecular formula is C16H17N3. The number of nitrogens with zero attached hydrogens (tertiary/aromatic N) is 2. The fourth-order valence-corrected chi connectivity index (χ4v) is 2.44. The van der Waals surface area contributed by atoms with Gasteiger partial charge in [0.25, 0.3) is 0 Å². The van der Waals surface area contributed by atoms with E-state index in [4.69, 9.17) is 0 Å². The van der Waals surface area contributed by atoms with Gasteiger partial charge in [0.05, 0.1) is 0 Å². The summed E-state index contributed by atoms with van der Waals surface area (Å²) in [4.78, 5) is 9.78. The Labute approximate surface area is 112 Å². The maximum absolute atomic E-state index is 4.35. The van der Waals surface area contributed by atoms with Crippen molar-refractivity contribution < 1.29 is 0 Å². The highest BCUT2D eigenvalue weighted by Crippen LogP contribution is 2.30. The highest BCUT2D eigenvalue weighted by molar-refractivity contribution is 5.94. The van der Waals surface area contributed by atoms with E-state index >= 15 is 0 Å². The molecule has 0 radical (unpaired) electrons. The second kappa shape index (κ2) is 4.86. The molecule has 0 unspecified atom stereocenters. The van der Waals surface area contributed by atoms with E-state index < -0.39 is 0 Å². The van der Waals surface area contributed by atoms with E-state index in [2.05, 4.69) is 59.3 Å². The molecule has 0 aliphatic carbocycles. The predicted molar refractivity (Wildman–Crippen MR) is 78.9 cm³/mol. The van der Waals surface area contributed by atoms with Gasteiger partial charge in [0.15, 0.2) is 0 Å². The lowest BCUT2D eigenvalue weighted by Gasteiger charge is -2.13. The molecule has 0 saturated carbocycles. The normalized spacial score (nSPS) is 11.3. The smallest absolute Gasteiger partial charge is 0.137 e. The van der Waals surface area contributed by atoms with Gasteiger partial charge < -0.3 is 9.88 Å². The molecule has 2 heterocycles. The van der Waals surface area contributed by atoms with Gasteiger partial charge in [-0.2, -0.15) is 0 Å². The summed E-state index contributed by atoms with van der Waals surface area (Å²) in [6.07, 6.45) is 3.86. The van der Waals surface area contributed by atoms with Crippen molar-refractivity contribution in [2.75, 3.05) is 14.1 Å². The first kappa shape index (κ1) is 11.9. The first-order valence-corrected chi connectivity index (χ1v) is 6.41. The van der Waals surface area contributed by atoms with Crippen molar-refractivity contribution in [1.29, 1.82) is 0 Å². The molecule has 3 rings (SSSR count). The summed E-state index contributed by atoms with van der Waals surface area (Å²) in [6, 6.07) is 12.6. The third-order valence-corrected chi connectivity index (χ3v) is 3.25. The van der Waals surface area contributed by atoms with E-state index in [-0.39, 0.29) is 0 Å². The summed E-state index contributed by atoms with van der Waals surface area (Å²) in [5.74, 6) is 0. The van der Waals surface area contributed by atoms with Crippen molar-refractivity contribution in [3.8, 4) is 11.1 Å². The van der Waals surface area contributed by atoms with Crippen molar-refractivity contribution in [3.05, 3.63) is 54.4 Å². The fraction of sp³-hybridized carbons (Fsp3) is 0.188. The van der Waals surface area contributed by atoms with Gasteiger partial charge in [0.2, 0.25) is 0 Å². The molecule has 0 bridgehead atoms. The number of aromatic nitrogens is 2. The molecule has 3 heteroatoms. The average Bonchev–Trinajstić information content (AvgIpc) is 2.82. The standard InChI is InChI=1S/C16H17N3/c1-19(2)11-12-6-3-4-7-13(12)15-10-18-16-14(15)8-5-9-17-16/h3-10H,11H2,1-2H3,(H,17,18). The van der Waals surface area contributed by atoms with Crippen LogP contribution in [0.4, 0.5) is 0 Å². The second-order valence-corrected chi connectivity index (χ2v) is 5.00. The minimum atomic E-state index is 0.934. The molecule has 96 valence electrons. The SMILES string of the molecule is CN(C)Cc1ccccc1-c1c[nH]c2ncccc12. The van der Waals surface area contributed by atoms with Crippen LogP contribution < -0.4 is 0 Å². The number of pyridine rings is 1. The summed E-state index contributed by atoms with van der Waals surface area (Å²) >= 11 is 0. The molecule has 3 aromatic rings. The first-order valence-electron chi connectivity index (χ1n) is 6.41. The number of benzene rings is 1. The minimum Gasteiger partial charge on any atom is -0.346 e. The molecule has 0 atom stereocenters. The molecule has 0 aliphatic heterocycles. The minimum absolute atomic E-state index is 0.934. The molecule has 0 fully saturated rings. The third-order valence-electron chi connectivity index (χ3n) is 3.25. The lowest BCUT2D eigenvalue weighted by molar-refractivity contribution is 0.403. The van der Waals surface area contributed by atoms with Crippen LogP contribution in [0.3, 0.4) is 0 Å². The van der Waals surface area contributed by atoms with E-state index in [0.717, 1.165) is 12.2 Å². The Balaban J connectivity index is 2.16. The monoisotopic (exact) mass is 251 g/mol. The Morgan fingerprint density at radius 2 is 1.89 bits per heavy atom. The molecule has 0 aliphatic rings. The van der Waals surface area contributed by atoms with Gasteiger partial charge in [-0.25, -0.2) is 4.98 Å². The Bertz CT molecular complexity index is 698. The van der Waals surface area contributed by atoms with Crippen molar-refractivity contribution in [3.63, 3.8) is 0 Å². The summed E-state index contributed by atoms with van der Waals surface area (Å²) in [5.41, 5.74) is 4.77. The molecule has 0 saturated heterocycles. The third kappa shape index (κ3) is 2.25. The van der Waals surface area contributed by atoms with Crippen molar-refractivity contribution in [1.82, 2.24) is 14.9 Å². The quantitative estimate of drug-likeness (QED) is 0.774. The van der Waals surface area contributed by atoms with Crippen LogP contribution in [0, 0.1) is 0 Å². The second-order valence-electron chi connectivity index (χ2n) is 5.00. The molecule has 1 aromatic carbocycles. The van der Waals surface area contributed by atoms with Crippen molar-refractivity contribution in [2.24, 2.45) is 0 Å². The van der Waals surface area contributed by atoms with Crippen LogP contribution in [0.2, 0.25) is 0 Å². The predicted octanol–water partition coefficient (Wildman–Crippen LogP) is 3.29. The van der Waals surface area contributed by atoms with Crippen LogP contribution in [0.25, 0.3) is 22.2 Å². The van der Waals surface area contributed by atoms with Crippen LogP contribution in [-0.4, -0.2) is 29.0 Å². The number of aromatic amines is 1. The van der Waals surface area contributed by atoms with E-state index in [0.29, 0.717) is 0 Å². The van der Waals surface area contributed by atoms with Gasteiger partial charge in [-0.05, 0) is 37.4 Å². The highest BCUT2D eigenvalue weighted by Gasteiger charge is 2.10. The molecule has 0 spiro atoms. The topological polar surface area (TPSA) is 31.9 Å². The molecule has 1 N–H and O–H groups in total. The van der Waals surface area contributed by atoms with Gasteiger partial charge >= 0.3 is 0 Å². The van der Waals surface area contributed by atoms with Crippen LogP contribution in [-0.2, 0) is 6.54 Å². The number of hydrogen-bond donors (Lipinski definition) is 1. The van der Waals surface area contributed by atoms with Crippen LogP contribution in [0.5, 0.6) is 0 Å². The van der Waals surface area contributed by atoms with Gasteiger partial charge in [0.1, 0.15) is 5.65 Å². The zero-order valence-electron chi connectivity index (χ0n) is 11.2. The summed E-state index contributed by atoms with van der Waals surface area (Å²) < 4.78 is 0. The number of H-pyrrole nitrogens is 1. The van der Waals surface area contributed by atoms with E-state index in [1.165, 1.54) is 22.1 Å². The van der Waals surface area contributed by atoms with Crippen LogP contribution in [0.1, 0.15) is 5.56 Å². The zero-order chi connectivity index (χ0) is 13.2. The van der Waals surface area contributed by atoms with Gasteiger partial charge in [-0.1, -0.05) is 24.3 Å². The Kier molecular flexibility index (Phi) is 3.05. The van der Waals surface area contributed by atoms with Gasteiger partial charge in [0, 0.05) is 29.9 Å². The largest absolute Gasteiger partial charge is 0.346 e. The Morgan fingerprint density at radius 3 is 2.74 bits per heavy atom. The molecule has 3 nitrogen and oxygen atoms in total. The molecular weight excluding hydrogens is 234 g/mol. The van der Waals surface area contributed by atoms with Crippen molar-refractivity contribution in [2.45, 2.75) is 6.54 Å². The van der Waals surface area contributed by atoms with Crippen LogP contribution in [0.15, 0.2) is 48.8 Å². The summed E-state index contributed by atoms with van der Waals surface area (Å²) in [6.45, 7) is 0.934. The zero-order valence-corrected chi connectivity index (χ0v) is 11.2. The fourth-order valence-electron chi connectivity index (χ4n) is 2.44. The number of nitrogens with one attached hydrogen (secondary N) is 1. The van der Waals surface area contributed by atoms with E-state index in [1.54, 1.807) is 0 Å². The Morgan fingerprint density at radius 1 is 1.05 bits per heavy atom. The summed E-state index contributed by atoms with van der Waals surface area (Å²) in [7, 11) is 4.18. The summed E-state index contributed by atoms with van der Waals surface area (Å²) in [5, 5.41) is 1.17. The maximum Gasteiger partial charge on any atom is 0.137 e.